The van der Waals surface area contributed by atoms with E-state index in [4.69, 9.17) is 23.2 Å². The molecule has 0 atom stereocenters. The molecule has 0 N–H and O–H groups in total. The Hall–Kier alpha value is -0.670. The summed E-state index contributed by atoms with van der Waals surface area (Å²) in [5, 5.41) is 0. The fraction of sp³-hybridized carbons (Fsp3) is 0.167. The number of allylic oxidation sites excluding steroid dienone is 1. The fourth-order valence-electron chi connectivity index (χ4n) is 0.593. The summed E-state index contributed by atoms with van der Waals surface area (Å²) in [6.07, 6.45) is 1.33. The molecule has 0 fully saturated rings. The van der Waals surface area contributed by atoms with Crippen molar-refractivity contribution in [1.82, 2.24) is 0 Å². The molecule has 0 amide bonds. The summed E-state index contributed by atoms with van der Waals surface area (Å²) >= 11 is 10.7. The van der Waals surface area contributed by atoms with Crippen LogP contribution in [0.3, 0.4) is 0 Å². The van der Waals surface area contributed by atoms with Crippen molar-refractivity contribution >= 4 is 29.2 Å². The number of hydrogen-bond acceptors (Lipinski definition) is 3. The fourth-order valence-corrected chi connectivity index (χ4v) is 0.779. The van der Waals surface area contributed by atoms with Gasteiger partial charge in [0.25, 0.3) is 0 Å². The zero-order chi connectivity index (χ0) is 8.43. The Kier molecular flexibility index (Phi) is 2.42. The van der Waals surface area contributed by atoms with Gasteiger partial charge in [0.15, 0.2) is 5.76 Å². The topological polar surface area (TPSA) is 35.5 Å². The molecule has 3 nitrogen and oxygen atoms in total. The van der Waals surface area contributed by atoms with E-state index in [0.29, 0.717) is 0 Å². The summed E-state index contributed by atoms with van der Waals surface area (Å²) < 4.78 is 9.13. The van der Waals surface area contributed by atoms with E-state index >= 15 is 0 Å². The monoisotopic (exact) mass is 194 g/mol. The van der Waals surface area contributed by atoms with Crippen molar-refractivity contribution in [1.29, 1.82) is 0 Å². The van der Waals surface area contributed by atoms with Crippen LogP contribution >= 0.6 is 23.2 Å². The van der Waals surface area contributed by atoms with Gasteiger partial charge in [-0.1, -0.05) is 23.2 Å². The maximum Gasteiger partial charge on any atom is 0.379 e. The molecule has 0 spiro atoms. The standard InChI is InChI=1S/C6H4Cl2O3/c1-10-4-2-3(5(7)8)11-6(4)9/h2H,1H3. The molecule has 0 aromatic rings. The third-order valence-electron chi connectivity index (χ3n) is 1.07. The molecular weight excluding hydrogens is 191 g/mol. The van der Waals surface area contributed by atoms with Crippen LogP contribution in [-0.2, 0) is 14.3 Å². The Balaban J connectivity index is 2.92. The van der Waals surface area contributed by atoms with Gasteiger partial charge in [-0.05, 0) is 0 Å². The van der Waals surface area contributed by atoms with Gasteiger partial charge in [0.1, 0.15) is 4.49 Å². The molecule has 5 heteroatoms. The van der Waals surface area contributed by atoms with E-state index in [0.717, 1.165) is 0 Å². The lowest BCUT2D eigenvalue weighted by Gasteiger charge is -1.94. The summed E-state index contributed by atoms with van der Waals surface area (Å²) in [6, 6.07) is 0. The van der Waals surface area contributed by atoms with Gasteiger partial charge in [-0.25, -0.2) is 4.79 Å². The van der Waals surface area contributed by atoms with Gasteiger partial charge in [0.2, 0.25) is 5.76 Å². The third kappa shape index (κ3) is 1.67. The van der Waals surface area contributed by atoms with Crippen LogP contribution in [-0.4, -0.2) is 13.1 Å². The predicted octanol–water partition coefficient (Wildman–Crippen LogP) is 1.72. The Morgan fingerprint density at radius 2 is 2.27 bits per heavy atom. The van der Waals surface area contributed by atoms with E-state index in [1.807, 2.05) is 0 Å². The van der Waals surface area contributed by atoms with Gasteiger partial charge in [-0.15, -0.1) is 0 Å². The van der Waals surface area contributed by atoms with Crippen LogP contribution in [0, 0.1) is 0 Å². The smallest absolute Gasteiger partial charge is 0.379 e. The van der Waals surface area contributed by atoms with Crippen molar-refractivity contribution in [3.63, 3.8) is 0 Å². The van der Waals surface area contributed by atoms with E-state index in [1.54, 1.807) is 0 Å². The summed E-state index contributed by atoms with van der Waals surface area (Å²) in [4.78, 5) is 10.8. The van der Waals surface area contributed by atoms with Crippen molar-refractivity contribution in [3.8, 4) is 0 Å². The first-order valence-electron chi connectivity index (χ1n) is 2.68. The number of ether oxygens (including phenoxy) is 2. The molecule has 1 aliphatic heterocycles. The molecule has 1 rings (SSSR count). The zero-order valence-corrected chi connectivity index (χ0v) is 7.07. The lowest BCUT2D eigenvalue weighted by Crippen LogP contribution is -1.99. The normalized spacial score (nSPS) is 16.1. The number of carbonyl (C=O) groups is 1. The Morgan fingerprint density at radius 3 is 2.55 bits per heavy atom. The second-order valence-corrected chi connectivity index (χ2v) is 2.68. The molecule has 0 saturated heterocycles. The van der Waals surface area contributed by atoms with Crippen molar-refractivity contribution in [2.45, 2.75) is 0 Å². The van der Waals surface area contributed by atoms with Crippen LogP contribution in [0.15, 0.2) is 22.1 Å². The average Bonchev–Trinajstić information content (AvgIpc) is 2.31. The maximum absolute atomic E-state index is 10.8. The van der Waals surface area contributed by atoms with Crippen LogP contribution in [0.2, 0.25) is 0 Å². The minimum atomic E-state index is -0.582. The number of methoxy groups -OCH3 is 1. The number of carbonyl (C=O) groups excluding carboxylic acids is 1. The van der Waals surface area contributed by atoms with Gasteiger partial charge in [-0.3, -0.25) is 0 Å². The first-order valence-corrected chi connectivity index (χ1v) is 3.44. The summed E-state index contributed by atoms with van der Waals surface area (Å²) in [5.41, 5.74) is 0. The largest absolute Gasteiger partial charge is 0.490 e. The quantitative estimate of drug-likeness (QED) is 0.597. The van der Waals surface area contributed by atoms with E-state index in [-0.39, 0.29) is 16.0 Å². The molecule has 1 aliphatic rings. The predicted molar refractivity (Wildman–Crippen MR) is 39.9 cm³/mol. The first-order chi connectivity index (χ1) is 5.15. The zero-order valence-electron chi connectivity index (χ0n) is 5.56. The number of esters is 1. The Morgan fingerprint density at radius 1 is 1.64 bits per heavy atom. The number of halogens is 2. The van der Waals surface area contributed by atoms with E-state index < -0.39 is 5.97 Å². The Labute approximate surface area is 73.2 Å². The number of cyclic esters (lactones) is 1. The van der Waals surface area contributed by atoms with Crippen molar-refractivity contribution in [2.24, 2.45) is 0 Å². The van der Waals surface area contributed by atoms with Crippen LogP contribution in [0.25, 0.3) is 0 Å². The van der Waals surface area contributed by atoms with Crippen molar-refractivity contribution in [2.75, 3.05) is 7.11 Å². The minimum Gasteiger partial charge on any atom is -0.490 e. The second-order valence-electron chi connectivity index (χ2n) is 1.73. The molecule has 0 aromatic heterocycles. The molecule has 0 unspecified atom stereocenters. The molecule has 0 saturated carbocycles. The van der Waals surface area contributed by atoms with E-state index in [1.165, 1.54) is 13.2 Å². The van der Waals surface area contributed by atoms with Gasteiger partial charge in [0, 0.05) is 6.08 Å². The van der Waals surface area contributed by atoms with Crippen LogP contribution < -0.4 is 0 Å². The van der Waals surface area contributed by atoms with Crippen molar-refractivity contribution in [3.05, 3.63) is 22.1 Å². The van der Waals surface area contributed by atoms with Gasteiger partial charge < -0.3 is 9.47 Å². The molecule has 11 heavy (non-hydrogen) atoms. The maximum atomic E-state index is 10.8. The van der Waals surface area contributed by atoms with Gasteiger partial charge >= 0.3 is 5.97 Å². The summed E-state index contributed by atoms with van der Waals surface area (Å²) in [7, 11) is 1.36. The molecule has 0 bridgehead atoms. The third-order valence-corrected chi connectivity index (χ3v) is 1.44. The highest BCUT2D eigenvalue weighted by atomic mass is 35.5. The lowest BCUT2D eigenvalue weighted by molar-refractivity contribution is -0.136. The molecule has 60 valence electrons. The minimum absolute atomic E-state index is 0.0922. The SMILES string of the molecule is COC1=CC(=C(Cl)Cl)OC1=O. The highest BCUT2D eigenvalue weighted by molar-refractivity contribution is 6.56. The number of rotatable bonds is 1. The van der Waals surface area contributed by atoms with Crippen LogP contribution in [0.1, 0.15) is 0 Å². The van der Waals surface area contributed by atoms with E-state index in [9.17, 15) is 4.79 Å². The molecule has 1 heterocycles. The summed E-state index contributed by atoms with van der Waals surface area (Å²) in [6.45, 7) is 0. The highest BCUT2D eigenvalue weighted by Gasteiger charge is 2.23. The highest BCUT2D eigenvalue weighted by Crippen LogP contribution is 2.24. The first kappa shape index (κ1) is 8.43. The van der Waals surface area contributed by atoms with E-state index in [2.05, 4.69) is 9.47 Å². The second kappa shape index (κ2) is 3.15. The van der Waals surface area contributed by atoms with Gasteiger partial charge in [0.05, 0.1) is 7.11 Å². The number of hydrogen-bond donors (Lipinski definition) is 0. The van der Waals surface area contributed by atoms with Crippen LogP contribution in [0.4, 0.5) is 0 Å². The molecule has 0 aromatic carbocycles. The van der Waals surface area contributed by atoms with Crippen molar-refractivity contribution < 1.29 is 14.3 Å². The summed E-state index contributed by atoms with van der Waals surface area (Å²) in [5.74, 6) is -0.365. The molecular formula is C6H4Cl2O3. The van der Waals surface area contributed by atoms with Gasteiger partial charge in [-0.2, -0.15) is 0 Å². The van der Waals surface area contributed by atoms with Crippen LogP contribution in [0.5, 0.6) is 0 Å². The molecule has 0 radical (unpaired) electrons. The molecule has 0 aliphatic carbocycles. The average molecular weight is 195 g/mol. The lowest BCUT2D eigenvalue weighted by atomic mass is 10.5. The Bertz CT molecular complexity index is 251.